The van der Waals surface area contributed by atoms with Gasteiger partial charge in [-0.15, -0.1) is 0 Å². The summed E-state index contributed by atoms with van der Waals surface area (Å²) in [7, 11) is 1.65. The van der Waals surface area contributed by atoms with Gasteiger partial charge in [0, 0.05) is 43.7 Å². The fourth-order valence-electron chi connectivity index (χ4n) is 5.06. The average Bonchev–Trinajstić information content (AvgIpc) is 3.44. The van der Waals surface area contributed by atoms with E-state index in [0.29, 0.717) is 51.9 Å². The van der Waals surface area contributed by atoms with Crippen LogP contribution in [0.1, 0.15) is 6.42 Å². The van der Waals surface area contributed by atoms with E-state index in [4.69, 9.17) is 10.5 Å². The number of hydrogen-bond donors (Lipinski definition) is 3. The van der Waals surface area contributed by atoms with Crippen LogP contribution in [0.5, 0.6) is 11.8 Å². The number of H-pyrrole nitrogens is 1. The number of ether oxygens (including phenoxy) is 1. The Morgan fingerprint density at radius 3 is 2.91 bits per heavy atom. The zero-order chi connectivity index (χ0) is 23.1. The molecule has 7 rings (SSSR count). The summed E-state index contributed by atoms with van der Waals surface area (Å²) < 4.78 is 37.1. The first-order valence-electron chi connectivity index (χ1n) is 10.9. The molecule has 0 spiro atoms. The molecule has 0 amide bonds. The summed E-state index contributed by atoms with van der Waals surface area (Å²) in [4.78, 5) is 18.6. The van der Waals surface area contributed by atoms with Gasteiger partial charge < -0.3 is 25.7 Å². The SMILES string of the molecule is CNc1cc(F)c(F)c2c1[nH]c1nc(Oc3cnc4ccnn4c3)nc(N3CC4C(N)C[C@@H]43)c12. The third kappa shape index (κ3) is 2.56. The molecule has 1 aliphatic heterocycles. The van der Waals surface area contributed by atoms with E-state index in [1.54, 1.807) is 36.2 Å². The second kappa shape index (κ2) is 6.73. The standard InChI is InChI=1S/C22H19F2N9O/c1-26-13-4-11(23)18(24)16-17-20(29-19(13)16)30-22(31-21(17)32-8-10-12(25)5-14(10)32)34-9-6-27-15-2-3-28-33(15)7-9/h2-4,6-7,10,12,14,26H,5,8,25H2,1H3,(H,29,30,31)/t10?,12?,14-/m0/s1. The van der Waals surface area contributed by atoms with Gasteiger partial charge >= 0.3 is 6.01 Å². The van der Waals surface area contributed by atoms with Crippen molar-refractivity contribution in [3.8, 4) is 11.8 Å². The minimum Gasteiger partial charge on any atom is -0.421 e. The van der Waals surface area contributed by atoms with Crippen molar-refractivity contribution < 1.29 is 13.5 Å². The molecule has 0 bridgehead atoms. The van der Waals surface area contributed by atoms with E-state index in [1.807, 2.05) is 0 Å². The van der Waals surface area contributed by atoms with Gasteiger partial charge in [0.25, 0.3) is 0 Å². The van der Waals surface area contributed by atoms with Crippen molar-refractivity contribution in [2.45, 2.75) is 18.5 Å². The zero-order valence-electron chi connectivity index (χ0n) is 18.0. The number of benzene rings is 1. The van der Waals surface area contributed by atoms with Crippen LogP contribution in [0.3, 0.4) is 0 Å². The third-order valence-electron chi connectivity index (χ3n) is 6.92. The van der Waals surface area contributed by atoms with Crippen LogP contribution in [0.4, 0.5) is 20.3 Å². The van der Waals surface area contributed by atoms with Crippen LogP contribution in [0.2, 0.25) is 0 Å². The van der Waals surface area contributed by atoms with Gasteiger partial charge in [-0.05, 0) is 6.42 Å². The maximum atomic E-state index is 15.1. The largest absolute Gasteiger partial charge is 0.421 e. The van der Waals surface area contributed by atoms with E-state index in [1.165, 1.54) is 0 Å². The first-order valence-corrected chi connectivity index (χ1v) is 10.9. The van der Waals surface area contributed by atoms with Crippen LogP contribution in [-0.4, -0.2) is 55.2 Å². The second-order valence-electron chi connectivity index (χ2n) is 8.71. The summed E-state index contributed by atoms with van der Waals surface area (Å²) in [5.74, 6) is -0.665. The van der Waals surface area contributed by atoms with E-state index in [-0.39, 0.29) is 23.5 Å². The zero-order valence-corrected chi connectivity index (χ0v) is 18.0. The third-order valence-corrected chi connectivity index (χ3v) is 6.92. The molecule has 2 unspecified atom stereocenters. The number of nitrogens with one attached hydrogen (secondary N) is 2. The van der Waals surface area contributed by atoms with Crippen molar-refractivity contribution in [2.24, 2.45) is 11.7 Å². The molecule has 1 saturated heterocycles. The van der Waals surface area contributed by atoms with E-state index in [2.05, 4.69) is 35.3 Å². The Morgan fingerprint density at radius 2 is 2.15 bits per heavy atom. The van der Waals surface area contributed by atoms with Crippen LogP contribution in [0.15, 0.2) is 30.7 Å². The van der Waals surface area contributed by atoms with Crippen LogP contribution in [-0.2, 0) is 0 Å². The van der Waals surface area contributed by atoms with Crippen LogP contribution in [0, 0.1) is 17.6 Å². The average molecular weight is 463 g/mol. The molecule has 5 aromatic rings. The molecule has 2 fully saturated rings. The molecule has 34 heavy (non-hydrogen) atoms. The lowest BCUT2D eigenvalue weighted by Gasteiger charge is -2.59. The lowest BCUT2D eigenvalue weighted by atomic mass is 9.67. The fourth-order valence-corrected chi connectivity index (χ4v) is 5.06. The molecule has 4 N–H and O–H groups in total. The minimum atomic E-state index is -0.950. The molecule has 5 heterocycles. The summed E-state index contributed by atoms with van der Waals surface area (Å²) in [5, 5.41) is 7.59. The normalized spacial score (nSPS) is 21.5. The van der Waals surface area contributed by atoms with Crippen molar-refractivity contribution in [3.05, 3.63) is 42.4 Å². The summed E-state index contributed by atoms with van der Waals surface area (Å²) in [6, 6.07) is 3.29. The molecule has 0 radical (unpaired) electrons. The number of aromatic nitrogens is 6. The molecule has 1 aliphatic carbocycles. The number of halogens is 2. The molecular weight excluding hydrogens is 444 g/mol. The maximum Gasteiger partial charge on any atom is 0.326 e. The summed E-state index contributed by atoms with van der Waals surface area (Å²) in [6.07, 6.45) is 5.66. The predicted octanol–water partition coefficient (Wildman–Crippen LogP) is 2.80. The van der Waals surface area contributed by atoms with Crippen molar-refractivity contribution in [1.29, 1.82) is 0 Å². The van der Waals surface area contributed by atoms with Crippen molar-refractivity contribution in [1.82, 2.24) is 29.5 Å². The topological polar surface area (TPSA) is 122 Å². The van der Waals surface area contributed by atoms with Gasteiger partial charge in [0.15, 0.2) is 23.0 Å². The fraction of sp³-hybridized carbons (Fsp3) is 0.273. The number of fused-ring (bicyclic) bond motifs is 5. The lowest BCUT2D eigenvalue weighted by Crippen LogP contribution is -2.71. The Hall–Kier alpha value is -4.06. The Bertz CT molecular complexity index is 1610. The lowest BCUT2D eigenvalue weighted by molar-refractivity contribution is 0.121. The minimum absolute atomic E-state index is 0.0568. The van der Waals surface area contributed by atoms with Gasteiger partial charge in [0.05, 0.1) is 40.6 Å². The van der Waals surface area contributed by atoms with E-state index < -0.39 is 11.6 Å². The number of piperidine rings is 1. The molecule has 12 heteroatoms. The predicted molar refractivity (Wildman–Crippen MR) is 121 cm³/mol. The Morgan fingerprint density at radius 1 is 1.26 bits per heavy atom. The van der Waals surface area contributed by atoms with Crippen molar-refractivity contribution >= 4 is 39.1 Å². The molecular formula is C22H19F2N9O. The van der Waals surface area contributed by atoms with Gasteiger partial charge in [-0.3, -0.25) is 0 Å². The van der Waals surface area contributed by atoms with Gasteiger partial charge in [-0.2, -0.15) is 15.1 Å². The van der Waals surface area contributed by atoms with E-state index in [9.17, 15) is 4.39 Å². The Kier molecular flexibility index (Phi) is 3.84. The van der Waals surface area contributed by atoms with Crippen LogP contribution < -0.4 is 20.7 Å². The molecule has 3 atom stereocenters. The van der Waals surface area contributed by atoms with Crippen LogP contribution >= 0.6 is 0 Å². The van der Waals surface area contributed by atoms with E-state index >= 15 is 4.39 Å². The highest BCUT2D eigenvalue weighted by atomic mass is 19.2. The van der Waals surface area contributed by atoms with Gasteiger partial charge in [0.1, 0.15) is 11.5 Å². The van der Waals surface area contributed by atoms with Gasteiger partial charge in [-0.25, -0.2) is 18.3 Å². The summed E-state index contributed by atoms with van der Waals surface area (Å²) in [5.41, 5.74) is 7.96. The molecule has 4 aromatic heterocycles. The van der Waals surface area contributed by atoms with Crippen LogP contribution in [0.25, 0.3) is 27.6 Å². The molecule has 10 nitrogen and oxygen atoms in total. The van der Waals surface area contributed by atoms with Gasteiger partial charge in [-0.1, -0.05) is 0 Å². The number of rotatable bonds is 4. The smallest absolute Gasteiger partial charge is 0.326 e. The Labute approximate surface area is 190 Å². The summed E-state index contributed by atoms with van der Waals surface area (Å²) in [6.45, 7) is 0.681. The molecule has 172 valence electrons. The van der Waals surface area contributed by atoms with Gasteiger partial charge in [0.2, 0.25) is 0 Å². The number of hydrogen-bond acceptors (Lipinski definition) is 8. The van der Waals surface area contributed by atoms with E-state index in [0.717, 1.165) is 12.5 Å². The van der Waals surface area contributed by atoms with Crippen molar-refractivity contribution in [3.63, 3.8) is 0 Å². The Balaban J connectivity index is 1.42. The maximum absolute atomic E-state index is 15.1. The molecule has 1 saturated carbocycles. The molecule has 1 aromatic carbocycles. The number of nitrogens with zero attached hydrogens (tertiary/aromatic N) is 6. The highest BCUT2D eigenvalue weighted by molar-refractivity contribution is 6.15. The number of aromatic amines is 1. The highest BCUT2D eigenvalue weighted by Gasteiger charge is 2.52. The number of nitrogens with two attached hydrogens (primary N) is 1. The first-order chi connectivity index (χ1) is 16.5. The number of anilines is 2. The molecule has 2 aliphatic rings. The quantitative estimate of drug-likeness (QED) is 0.372. The van der Waals surface area contributed by atoms with Crippen molar-refractivity contribution in [2.75, 3.05) is 23.8 Å². The summed E-state index contributed by atoms with van der Waals surface area (Å²) >= 11 is 0. The highest BCUT2D eigenvalue weighted by Crippen LogP contribution is 2.47. The first kappa shape index (κ1) is 19.4. The second-order valence-corrected chi connectivity index (χ2v) is 8.71. The monoisotopic (exact) mass is 463 g/mol.